The molecule has 0 spiro atoms. The van der Waals surface area contributed by atoms with Gasteiger partial charge in [-0.3, -0.25) is 0 Å². The van der Waals surface area contributed by atoms with Crippen LogP contribution in [0.2, 0.25) is 0 Å². The number of aliphatic hydroxyl groups excluding tert-OH is 1. The topological polar surface area (TPSA) is 53.5 Å². The minimum absolute atomic E-state index is 0.0671. The first kappa shape index (κ1) is 11.6. The first-order valence-corrected chi connectivity index (χ1v) is 4.42. The van der Waals surface area contributed by atoms with Gasteiger partial charge < -0.3 is 20.5 Å². The minimum Gasteiger partial charge on any atom is -0.394 e. The lowest BCUT2D eigenvalue weighted by Crippen LogP contribution is -2.36. The first-order valence-electron chi connectivity index (χ1n) is 4.01. The summed E-state index contributed by atoms with van der Waals surface area (Å²) >= 11 is 4.90. The molecule has 3 N–H and O–H groups in total. The van der Waals surface area contributed by atoms with E-state index >= 15 is 0 Å². The highest BCUT2D eigenvalue weighted by atomic mass is 32.1. The van der Waals surface area contributed by atoms with Gasteiger partial charge in [-0.25, -0.2) is 0 Å². The molecule has 0 aromatic heterocycles. The van der Waals surface area contributed by atoms with Crippen molar-refractivity contribution in [2.75, 3.05) is 32.9 Å². The second kappa shape index (κ2) is 8.70. The molecule has 4 nitrogen and oxygen atoms in total. The lowest BCUT2D eigenvalue weighted by molar-refractivity contribution is 0.0958. The van der Waals surface area contributed by atoms with Crippen LogP contribution in [0, 0.1) is 0 Å². The summed E-state index contributed by atoms with van der Waals surface area (Å²) in [6.45, 7) is 4.49. The van der Waals surface area contributed by atoms with Gasteiger partial charge in [0.25, 0.3) is 0 Å². The average molecular weight is 192 g/mol. The van der Waals surface area contributed by atoms with E-state index in [0.717, 1.165) is 6.54 Å². The van der Waals surface area contributed by atoms with Gasteiger partial charge in [-0.1, -0.05) is 0 Å². The standard InChI is InChI=1S/C7H16N2O2S/c1-2-8-7(12)9-3-5-11-6-4-10/h10H,2-6H2,1H3,(H2,8,9,12). The summed E-state index contributed by atoms with van der Waals surface area (Å²) in [7, 11) is 0. The normalized spacial score (nSPS) is 9.50. The zero-order chi connectivity index (χ0) is 9.23. The Hall–Kier alpha value is -0.390. The number of nitrogens with one attached hydrogen (secondary N) is 2. The smallest absolute Gasteiger partial charge is 0.166 e. The maximum absolute atomic E-state index is 8.38. The van der Waals surface area contributed by atoms with Crippen LogP contribution in [-0.4, -0.2) is 43.1 Å². The lowest BCUT2D eigenvalue weighted by atomic mass is 10.6. The highest BCUT2D eigenvalue weighted by Gasteiger charge is 1.91. The Morgan fingerprint density at radius 3 is 2.75 bits per heavy atom. The average Bonchev–Trinajstić information content (AvgIpc) is 2.05. The Bertz CT molecular complexity index is 122. The van der Waals surface area contributed by atoms with Crippen molar-refractivity contribution in [3.05, 3.63) is 0 Å². The van der Waals surface area contributed by atoms with Gasteiger partial charge in [-0.05, 0) is 19.1 Å². The molecule has 0 bridgehead atoms. The molecule has 0 rings (SSSR count). The van der Waals surface area contributed by atoms with Crippen LogP contribution in [0.3, 0.4) is 0 Å². The molecule has 0 aliphatic carbocycles. The van der Waals surface area contributed by atoms with E-state index in [1.165, 1.54) is 0 Å². The number of hydrogen-bond acceptors (Lipinski definition) is 3. The van der Waals surface area contributed by atoms with E-state index in [9.17, 15) is 0 Å². The Balaban J connectivity index is 3.03. The number of aliphatic hydroxyl groups is 1. The van der Waals surface area contributed by atoms with Gasteiger partial charge in [0.15, 0.2) is 5.11 Å². The molecule has 5 heteroatoms. The van der Waals surface area contributed by atoms with Crippen molar-refractivity contribution in [3.63, 3.8) is 0 Å². The summed E-state index contributed by atoms with van der Waals surface area (Å²) in [5.74, 6) is 0. The van der Waals surface area contributed by atoms with Gasteiger partial charge in [-0.2, -0.15) is 0 Å². The number of thiocarbonyl (C=S) groups is 1. The quantitative estimate of drug-likeness (QED) is 0.390. The molecule has 72 valence electrons. The zero-order valence-corrected chi connectivity index (χ0v) is 8.12. The van der Waals surface area contributed by atoms with E-state index in [1.807, 2.05) is 6.92 Å². The molecule has 0 fully saturated rings. The van der Waals surface area contributed by atoms with Gasteiger partial charge in [0.05, 0.1) is 19.8 Å². The van der Waals surface area contributed by atoms with Crippen molar-refractivity contribution < 1.29 is 9.84 Å². The van der Waals surface area contributed by atoms with Gasteiger partial charge in [0.1, 0.15) is 0 Å². The van der Waals surface area contributed by atoms with Crippen LogP contribution in [0.4, 0.5) is 0 Å². The third-order valence-corrected chi connectivity index (χ3v) is 1.39. The van der Waals surface area contributed by atoms with Crippen molar-refractivity contribution in [1.29, 1.82) is 0 Å². The van der Waals surface area contributed by atoms with E-state index in [-0.39, 0.29) is 6.61 Å². The van der Waals surface area contributed by atoms with E-state index in [2.05, 4.69) is 10.6 Å². The van der Waals surface area contributed by atoms with Crippen LogP contribution >= 0.6 is 12.2 Å². The van der Waals surface area contributed by atoms with Crippen LogP contribution in [0.15, 0.2) is 0 Å². The fourth-order valence-corrected chi connectivity index (χ4v) is 0.873. The molecule has 0 aliphatic rings. The molecule has 0 aromatic carbocycles. The Labute approximate surface area is 78.3 Å². The lowest BCUT2D eigenvalue weighted by Gasteiger charge is -2.08. The zero-order valence-electron chi connectivity index (χ0n) is 7.30. The van der Waals surface area contributed by atoms with E-state index in [4.69, 9.17) is 22.1 Å². The second-order valence-corrected chi connectivity index (χ2v) is 2.53. The van der Waals surface area contributed by atoms with E-state index < -0.39 is 0 Å². The fourth-order valence-electron chi connectivity index (χ4n) is 0.626. The molecule has 0 aromatic rings. The molecular weight excluding hydrogens is 176 g/mol. The third-order valence-electron chi connectivity index (χ3n) is 1.10. The first-order chi connectivity index (χ1) is 5.81. The van der Waals surface area contributed by atoms with Crippen LogP contribution in [0.5, 0.6) is 0 Å². The molecule has 0 radical (unpaired) electrons. The second-order valence-electron chi connectivity index (χ2n) is 2.12. The maximum Gasteiger partial charge on any atom is 0.166 e. The molecule has 12 heavy (non-hydrogen) atoms. The van der Waals surface area contributed by atoms with Gasteiger partial charge >= 0.3 is 0 Å². The molecule has 0 saturated heterocycles. The predicted molar refractivity (Wildman–Crippen MR) is 52.2 cm³/mol. The summed E-state index contributed by atoms with van der Waals surface area (Å²) in [6, 6.07) is 0. The summed E-state index contributed by atoms with van der Waals surface area (Å²) in [5, 5.41) is 14.9. The number of hydrogen-bond donors (Lipinski definition) is 3. The Morgan fingerprint density at radius 1 is 1.42 bits per heavy atom. The minimum atomic E-state index is 0.0671. The van der Waals surface area contributed by atoms with Gasteiger partial charge in [0, 0.05) is 13.1 Å². The third kappa shape index (κ3) is 7.71. The highest BCUT2D eigenvalue weighted by molar-refractivity contribution is 7.80. The van der Waals surface area contributed by atoms with Gasteiger partial charge in [-0.15, -0.1) is 0 Å². The molecule has 0 aliphatic heterocycles. The SMILES string of the molecule is CCNC(=S)NCCOCCO. The maximum atomic E-state index is 8.38. The summed E-state index contributed by atoms with van der Waals surface area (Å²) in [4.78, 5) is 0. The summed E-state index contributed by atoms with van der Waals surface area (Å²) in [6.07, 6.45) is 0. The van der Waals surface area contributed by atoms with Crippen LogP contribution in [-0.2, 0) is 4.74 Å². The molecule has 0 unspecified atom stereocenters. The monoisotopic (exact) mass is 192 g/mol. The van der Waals surface area contributed by atoms with Crippen molar-refractivity contribution in [2.45, 2.75) is 6.92 Å². The highest BCUT2D eigenvalue weighted by Crippen LogP contribution is 1.72. The molecule has 0 amide bonds. The van der Waals surface area contributed by atoms with E-state index in [1.54, 1.807) is 0 Å². The summed E-state index contributed by atoms with van der Waals surface area (Å²) < 4.78 is 5.01. The molecule has 0 saturated carbocycles. The van der Waals surface area contributed by atoms with Crippen LogP contribution in [0.25, 0.3) is 0 Å². The number of ether oxygens (including phenoxy) is 1. The Kier molecular flexibility index (Phi) is 8.42. The number of rotatable bonds is 6. The molecule has 0 atom stereocenters. The van der Waals surface area contributed by atoms with Crippen molar-refractivity contribution in [2.24, 2.45) is 0 Å². The van der Waals surface area contributed by atoms with Crippen molar-refractivity contribution >= 4 is 17.3 Å². The van der Waals surface area contributed by atoms with Gasteiger partial charge in [0.2, 0.25) is 0 Å². The van der Waals surface area contributed by atoms with Crippen molar-refractivity contribution in [3.8, 4) is 0 Å². The largest absolute Gasteiger partial charge is 0.394 e. The summed E-state index contributed by atoms with van der Waals surface area (Å²) in [5.41, 5.74) is 0. The van der Waals surface area contributed by atoms with E-state index in [0.29, 0.717) is 24.9 Å². The Morgan fingerprint density at radius 2 is 2.17 bits per heavy atom. The van der Waals surface area contributed by atoms with Crippen molar-refractivity contribution in [1.82, 2.24) is 10.6 Å². The van der Waals surface area contributed by atoms with Crippen LogP contribution < -0.4 is 10.6 Å². The molecular formula is C7H16N2O2S. The fraction of sp³-hybridized carbons (Fsp3) is 0.857. The predicted octanol–water partition coefficient (Wildman–Crippen LogP) is -0.521. The molecule has 0 heterocycles. The van der Waals surface area contributed by atoms with Crippen LogP contribution in [0.1, 0.15) is 6.92 Å².